The minimum Gasteiger partial charge on any atom is -0.458 e. The molecule has 140 valence electrons. The number of hydrogen-bond acceptors (Lipinski definition) is 6. The van der Waals surface area contributed by atoms with Gasteiger partial charge in [0.1, 0.15) is 12.2 Å². The predicted molar refractivity (Wildman–Crippen MR) is 93.7 cm³/mol. The van der Waals surface area contributed by atoms with E-state index in [0.717, 1.165) is 11.1 Å². The Hall–Kier alpha value is -2.18. The van der Waals surface area contributed by atoms with Crippen molar-refractivity contribution in [3.63, 3.8) is 0 Å². The third-order valence-corrected chi connectivity index (χ3v) is 5.64. The Kier molecular flexibility index (Phi) is 4.90. The summed E-state index contributed by atoms with van der Waals surface area (Å²) < 4.78 is 11.2. The van der Waals surface area contributed by atoms with Crippen LogP contribution in [-0.2, 0) is 19.1 Å². The second-order valence-corrected chi connectivity index (χ2v) is 7.25. The van der Waals surface area contributed by atoms with Crippen LogP contribution in [0.2, 0.25) is 0 Å². The maximum atomic E-state index is 12.3. The lowest BCUT2D eigenvalue weighted by Crippen LogP contribution is -2.36. The Bertz CT molecular complexity index is 731. The molecule has 2 aliphatic carbocycles. The molecule has 2 fully saturated rings. The van der Waals surface area contributed by atoms with Crippen molar-refractivity contribution in [1.82, 2.24) is 0 Å². The van der Waals surface area contributed by atoms with Crippen molar-refractivity contribution in [1.29, 1.82) is 0 Å². The molecule has 0 aromatic rings. The zero-order valence-electron chi connectivity index (χ0n) is 15.0. The summed E-state index contributed by atoms with van der Waals surface area (Å²) in [5, 5.41) is 19.4. The van der Waals surface area contributed by atoms with Gasteiger partial charge in [0.2, 0.25) is 0 Å². The molecule has 6 heteroatoms. The first-order chi connectivity index (χ1) is 12.3. The van der Waals surface area contributed by atoms with Gasteiger partial charge >= 0.3 is 11.9 Å². The summed E-state index contributed by atoms with van der Waals surface area (Å²) in [7, 11) is 0. The molecule has 0 radical (unpaired) electrons. The zero-order valence-corrected chi connectivity index (χ0v) is 15.0. The van der Waals surface area contributed by atoms with Crippen LogP contribution in [0.15, 0.2) is 47.6 Å². The summed E-state index contributed by atoms with van der Waals surface area (Å²) in [4.78, 5) is 24.5. The van der Waals surface area contributed by atoms with Gasteiger partial charge in [-0.15, -0.1) is 0 Å². The summed E-state index contributed by atoms with van der Waals surface area (Å²) in [6.45, 7) is 11.1. The molecule has 0 spiro atoms. The molecule has 6 atom stereocenters. The number of fused-ring (bicyclic) bond motifs is 3. The van der Waals surface area contributed by atoms with E-state index in [1.165, 1.54) is 6.08 Å². The van der Waals surface area contributed by atoms with Crippen LogP contribution >= 0.6 is 0 Å². The van der Waals surface area contributed by atoms with Crippen LogP contribution < -0.4 is 0 Å². The third kappa shape index (κ3) is 2.93. The van der Waals surface area contributed by atoms with Gasteiger partial charge < -0.3 is 19.7 Å². The van der Waals surface area contributed by atoms with Crippen molar-refractivity contribution in [3.8, 4) is 0 Å². The van der Waals surface area contributed by atoms with Gasteiger partial charge in [-0.3, -0.25) is 0 Å². The van der Waals surface area contributed by atoms with Crippen LogP contribution in [0.25, 0.3) is 0 Å². The van der Waals surface area contributed by atoms with E-state index in [-0.39, 0.29) is 29.6 Å². The van der Waals surface area contributed by atoms with Crippen LogP contribution in [0, 0.1) is 17.8 Å². The molecule has 1 saturated heterocycles. The summed E-state index contributed by atoms with van der Waals surface area (Å²) >= 11 is 0. The highest BCUT2D eigenvalue weighted by molar-refractivity contribution is 5.92. The van der Waals surface area contributed by atoms with Gasteiger partial charge in [-0.2, -0.15) is 0 Å². The molecule has 1 saturated carbocycles. The number of hydrogen-bond donors (Lipinski definition) is 2. The first-order valence-corrected chi connectivity index (χ1v) is 8.68. The fourth-order valence-electron chi connectivity index (χ4n) is 4.37. The molecule has 3 rings (SSSR count). The fourth-order valence-corrected chi connectivity index (χ4v) is 4.37. The molecule has 1 aliphatic heterocycles. The number of aliphatic hydroxyl groups excluding tert-OH is 2. The number of rotatable bonds is 3. The van der Waals surface area contributed by atoms with Crippen LogP contribution in [0.3, 0.4) is 0 Å². The summed E-state index contributed by atoms with van der Waals surface area (Å²) in [5.74, 6) is -2.04. The van der Waals surface area contributed by atoms with Gasteiger partial charge in [-0.05, 0) is 19.9 Å². The molecular weight excluding hydrogens is 336 g/mol. The van der Waals surface area contributed by atoms with Crippen molar-refractivity contribution in [2.75, 3.05) is 6.61 Å². The largest absolute Gasteiger partial charge is 0.458 e. The number of aliphatic hydroxyl groups is 2. The molecule has 1 heterocycles. The monoisotopic (exact) mass is 360 g/mol. The van der Waals surface area contributed by atoms with Crippen LogP contribution in [0.5, 0.6) is 0 Å². The number of ether oxygens (including phenoxy) is 2. The average Bonchev–Trinajstić information content (AvgIpc) is 2.97. The lowest BCUT2D eigenvalue weighted by molar-refractivity contribution is -0.148. The van der Waals surface area contributed by atoms with Crippen LogP contribution in [0.1, 0.15) is 20.3 Å². The van der Waals surface area contributed by atoms with E-state index in [9.17, 15) is 14.7 Å². The van der Waals surface area contributed by atoms with Crippen molar-refractivity contribution < 1.29 is 29.3 Å². The van der Waals surface area contributed by atoms with Crippen LogP contribution in [-0.4, -0.2) is 47.1 Å². The molecule has 6 nitrogen and oxygen atoms in total. The van der Waals surface area contributed by atoms with Gasteiger partial charge in [0.05, 0.1) is 18.6 Å². The second-order valence-electron chi connectivity index (χ2n) is 7.25. The summed E-state index contributed by atoms with van der Waals surface area (Å²) in [5.41, 5.74) is 2.25. The topological polar surface area (TPSA) is 93.1 Å². The van der Waals surface area contributed by atoms with Gasteiger partial charge in [0.15, 0.2) is 0 Å². The van der Waals surface area contributed by atoms with E-state index in [1.807, 2.05) is 6.92 Å². The number of esters is 2. The first-order valence-electron chi connectivity index (χ1n) is 8.68. The van der Waals surface area contributed by atoms with Crippen molar-refractivity contribution in [3.05, 3.63) is 47.6 Å². The van der Waals surface area contributed by atoms with Crippen molar-refractivity contribution >= 4 is 11.9 Å². The van der Waals surface area contributed by atoms with E-state index in [4.69, 9.17) is 14.6 Å². The van der Waals surface area contributed by atoms with Gasteiger partial charge in [-0.1, -0.05) is 30.4 Å². The Labute approximate surface area is 152 Å². The van der Waals surface area contributed by atoms with Crippen LogP contribution in [0.4, 0.5) is 0 Å². The van der Waals surface area contributed by atoms with E-state index in [1.54, 1.807) is 13.0 Å². The highest BCUT2D eigenvalue weighted by Crippen LogP contribution is 2.51. The Morgan fingerprint density at radius 3 is 2.73 bits per heavy atom. The lowest BCUT2D eigenvalue weighted by atomic mass is 9.79. The normalized spacial score (nSPS) is 36.8. The molecule has 3 aliphatic rings. The Balaban J connectivity index is 1.96. The van der Waals surface area contributed by atoms with Gasteiger partial charge in [-0.25, -0.2) is 9.59 Å². The lowest BCUT2D eigenvalue weighted by Gasteiger charge is -2.29. The minimum atomic E-state index is -0.703. The summed E-state index contributed by atoms with van der Waals surface area (Å²) in [6, 6.07) is 0. The smallest absolute Gasteiger partial charge is 0.334 e. The first kappa shape index (κ1) is 18.6. The van der Waals surface area contributed by atoms with E-state index in [0.29, 0.717) is 6.42 Å². The summed E-state index contributed by atoms with van der Waals surface area (Å²) in [6.07, 6.45) is 1.54. The molecule has 0 unspecified atom stereocenters. The van der Waals surface area contributed by atoms with Gasteiger partial charge in [0, 0.05) is 29.4 Å². The van der Waals surface area contributed by atoms with E-state index < -0.39 is 36.2 Å². The number of carbonyl (C=O) groups excluding carboxylic acids is 2. The van der Waals surface area contributed by atoms with Gasteiger partial charge in [0.25, 0.3) is 0 Å². The molecule has 26 heavy (non-hydrogen) atoms. The number of carbonyl (C=O) groups is 2. The molecule has 2 N–H and O–H groups in total. The van der Waals surface area contributed by atoms with Crippen molar-refractivity contribution in [2.45, 2.75) is 38.6 Å². The molecule has 0 aromatic carbocycles. The molecule has 0 bridgehead atoms. The standard InChI is InChI=1S/C20H24O6/c1-9(5-6-21)19(23)25-14-8-11(3)15-13(22)7-10(2)16(15)18-17(14)12(4)20(24)26-18/h5,7,13-18,21-22H,3-4,6,8H2,1-2H3/b9-5+/t13-,14-,15-,16+,17-,18-/m1/s1. The predicted octanol–water partition coefficient (Wildman–Crippen LogP) is 1.45. The van der Waals surface area contributed by atoms with E-state index >= 15 is 0 Å². The third-order valence-electron chi connectivity index (χ3n) is 5.64. The molecule has 0 aromatic heterocycles. The Morgan fingerprint density at radius 2 is 2.08 bits per heavy atom. The molecular formula is C20H24O6. The Morgan fingerprint density at radius 1 is 1.38 bits per heavy atom. The zero-order chi connectivity index (χ0) is 19.2. The SMILES string of the molecule is C=C1C[C@@H](OC(=O)/C(C)=C/CO)[C@H]2C(=C)C(=O)O[C@@H]2[C@H]2C(C)=C[C@@H](O)[C@@H]12. The maximum absolute atomic E-state index is 12.3. The second kappa shape index (κ2) is 6.85. The molecule has 0 amide bonds. The quantitative estimate of drug-likeness (QED) is 0.450. The van der Waals surface area contributed by atoms with Crippen molar-refractivity contribution in [2.24, 2.45) is 17.8 Å². The minimum absolute atomic E-state index is 0.205. The highest BCUT2D eigenvalue weighted by atomic mass is 16.6. The average molecular weight is 360 g/mol. The van der Waals surface area contributed by atoms with E-state index in [2.05, 4.69) is 13.2 Å². The highest BCUT2D eigenvalue weighted by Gasteiger charge is 2.56. The maximum Gasteiger partial charge on any atom is 0.334 e. The fraction of sp³-hybridized carbons (Fsp3) is 0.500.